The van der Waals surface area contributed by atoms with Gasteiger partial charge in [-0.1, -0.05) is 20.8 Å². The molecule has 1 aliphatic rings. The molecule has 104 valence electrons. The quantitative estimate of drug-likeness (QED) is 0.895. The van der Waals surface area contributed by atoms with Gasteiger partial charge in [-0.15, -0.1) is 11.3 Å². The van der Waals surface area contributed by atoms with Gasteiger partial charge >= 0.3 is 0 Å². The highest BCUT2D eigenvalue weighted by molar-refractivity contribution is 7.09. The molecule has 1 aromatic rings. The molecule has 0 bridgehead atoms. The first-order valence-corrected chi connectivity index (χ1v) is 7.18. The normalized spacial score (nSPS) is 22.3. The SMILES string of the molecule is CC(c1nccs1)N1CC(=O)NC(C(C)(C)C)C1=O. The zero-order valence-electron chi connectivity index (χ0n) is 11.6. The number of aromatic nitrogens is 1. The van der Waals surface area contributed by atoms with Gasteiger partial charge in [-0.2, -0.15) is 0 Å². The Morgan fingerprint density at radius 2 is 2.16 bits per heavy atom. The number of amides is 2. The van der Waals surface area contributed by atoms with Crippen molar-refractivity contribution in [2.24, 2.45) is 5.41 Å². The van der Waals surface area contributed by atoms with Gasteiger partial charge < -0.3 is 10.2 Å². The van der Waals surface area contributed by atoms with Crippen LogP contribution in [0.2, 0.25) is 0 Å². The van der Waals surface area contributed by atoms with Crippen LogP contribution in [0.5, 0.6) is 0 Å². The van der Waals surface area contributed by atoms with Crippen LogP contribution in [0, 0.1) is 5.41 Å². The summed E-state index contributed by atoms with van der Waals surface area (Å²) in [6, 6.07) is -0.639. The summed E-state index contributed by atoms with van der Waals surface area (Å²) in [7, 11) is 0. The Bertz CT molecular complexity index is 479. The Labute approximate surface area is 117 Å². The number of carbonyl (C=O) groups is 2. The zero-order valence-corrected chi connectivity index (χ0v) is 12.5. The molecular formula is C13H19N3O2S. The van der Waals surface area contributed by atoms with Crippen molar-refractivity contribution in [3.05, 3.63) is 16.6 Å². The molecule has 19 heavy (non-hydrogen) atoms. The average Bonchev–Trinajstić information content (AvgIpc) is 2.83. The van der Waals surface area contributed by atoms with E-state index in [0.29, 0.717) is 0 Å². The summed E-state index contributed by atoms with van der Waals surface area (Å²) in [5.41, 5.74) is -0.298. The molecule has 2 rings (SSSR count). The van der Waals surface area contributed by atoms with Crippen LogP contribution >= 0.6 is 11.3 Å². The maximum atomic E-state index is 12.5. The van der Waals surface area contributed by atoms with Crippen LogP contribution in [0.15, 0.2) is 11.6 Å². The summed E-state index contributed by atoms with van der Waals surface area (Å²) in [6.45, 7) is 7.87. The van der Waals surface area contributed by atoms with Crippen LogP contribution in [0.1, 0.15) is 38.7 Å². The average molecular weight is 281 g/mol. The van der Waals surface area contributed by atoms with Gasteiger partial charge in [-0.05, 0) is 12.3 Å². The smallest absolute Gasteiger partial charge is 0.246 e. The van der Waals surface area contributed by atoms with Crippen molar-refractivity contribution in [2.45, 2.75) is 39.8 Å². The van der Waals surface area contributed by atoms with Crippen molar-refractivity contribution >= 4 is 23.2 Å². The van der Waals surface area contributed by atoms with E-state index in [4.69, 9.17) is 0 Å². The van der Waals surface area contributed by atoms with Crippen molar-refractivity contribution in [1.82, 2.24) is 15.2 Å². The van der Waals surface area contributed by atoms with Gasteiger partial charge in [0, 0.05) is 11.6 Å². The molecule has 1 N–H and O–H groups in total. The molecule has 0 saturated carbocycles. The Kier molecular flexibility index (Phi) is 3.62. The van der Waals surface area contributed by atoms with E-state index in [9.17, 15) is 9.59 Å². The van der Waals surface area contributed by atoms with E-state index < -0.39 is 6.04 Å². The van der Waals surface area contributed by atoms with Gasteiger partial charge in [0.2, 0.25) is 11.8 Å². The van der Waals surface area contributed by atoms with E-state index in [0.717, 1.165) is 5.01 Å². The second-order valence-electron chi connectivity index (χ2n) is 5.88. The Morgan fingerprint density at radius 3 is 2.68 bits per heavy atom. The van der Waals surface area contributed by atoms with Crippen LogP contribution in [0.4, 0.5) is 0 Å². The molecule has 1 aliphatic heterocycles. The largest absolute Gasteiger partial charge is 0.342 e. The van der Waals surface area contributed by atoms with Crippen molar-refractivity contribution < 1.29 is 9.59 Å². The lowest BCUT2D eigenvalue weighted by Crippen LogP contribution is -2.62. The number of carbonyl (C=O) groups excluding carboxylic acids is 2. The zero-order chi connectivity index (χ0) is 14.2. The molecule has 6 heteroatoms. The van der Waals surface area contributed by atoms with Crippen LogP contribution in [-0.2, 0) is 9.59 Å². The van der Waals surface area contributed by atoms with Crippen molar-refractivity contribution in [2.75, 3.05) is 6.54 Å². The van der Waals surface area contributed by atoms with Crippen LogP contribution < -0.4 is 5.32 Å². The number of nitrogens with one attached hydrogen (secondary N) is 1. The van der Waals surface area contributed by atoms with Crippen molar-refractivity contribution in [3.63, 3.8) is 0 Å². The maximum Gasteiger partial charge on any atom is 0.246 e. The number of piperazine rings is 1. The van der Waals surface area contributed by atoms with E-state index in [-0.39, 0.29) is 29.8 Å². The highest BCUT2D eigenvalue weighted by Gasteiger charge is 2.42. The lowest BCUT2D eigenvalue weighted by atomic mass is 9.84. The molecular weight excluding hydrogens is 262 g/mol. The predicted octanol–water partition coefficient (Wildman–Crippen LogP) is 1.58. The lowest BCUT2D eigenvalue weighted by Gasteiger charge is -2.40. The fraction of sp³-hybridized carbons (Fsp3) is 0.615. The third-order valence-electron chi connectivity index (χ3n) is 3.29. The monoisotopic (exact) mass is 281 g/mol. The molecule has 0 radical (unpaired) electrons. The van der Waals surface area contributed by atoms with E-state index in [1.165, 1.54) is 11.3 Å². The first-order valence-electron chi connectivity index (χ1n) is 6.30. The summed E-state index contributed by atoms with van der Waals surface area (Å²) in [4.78, 5) is 30.2. The second-order valence-corrected chi connectivity index (χ2v) is 6.81. The summed E-state index contributed by atoms with van der Waals surface area (Å²) in [5, 5.41) is 5.52. The fourth-order valence-electron chi connectivity index (χ4n) is 2.16. The predicted molar refractivity (Wildman–Crippen MR) is 73.6 cm³/mol. The van der Waals surface area contributed by atoms with Gasteiger partial charge in [0.1, 0.15) is 17.6 Å². The standard InChI is InChI=1S/C13H19N3O2S/c1-8(11-14-5-6-19-11)16-7-9(17)15-10(12(16)18)13(2,3)4/h5-6,8,10H,7H2,1-4H3,(H,15,17). The van der Waals surface area contributed by atoms with E-state index in [2.05, 4.69) is 10.3 Å². The second kappa shape index (κ2) is 4.92. The number of nitrogens with zero attached hydrogens (tertiary/aromatic N) is 2. The molecule has 0 aromatic carbocycles. The molecule has 2 unspecified atom stereocenters. The molecule has 2 amide bonds. The summed E-state index contributed by atoms with van der Waals surface area (Å²) in [6.07, 6.45) is 1.71. The van der Waals surface area contributed by atoms with Crippen LogP contribution in [0.3, 0.4) is 0 Å². The molecule has 1 aromatic heterocycles. The van der Waals surface area contributed by atoms with Gasteiger partial charge in [0.05, 0.1) is 6.04 Å². The number of hydrogen-bond acceptors (Lipinski definition) is 4. The molecule has 2 atom stereocenters. The van der Waals surface area contributed by atoms with Crippen LogP contribution in [0.25, 0.3) is 0 Å². The third kappa shape index (κ3) is 2.78. The first-order chi connectivity index (χ1) is 8.80. The molecule has 2 heterocycles. The van der Waals surface area contributed by atoms with Gasteiger partial charge in [-0.3, -0.25) is 9.59 Å². The van der Waals surface area contributed by atoms with Gasteiger partial charge in [-0.25, -0.2) is 4.98 Å². The molecule has 0 aliphatic carbocycles. The summed E-state index contributed by atoms with van der Waals surface area (Å²) >= 11 is 1.50. The molecule has 5 nitrogen and oxygen atoms in total. The number of thiazole rings is 1. The highest BCUT2D eigenvalue weighted by Crippen LogP contribution is 2.29. The van der Waals surface area contributed by atoms with Crippen molar-refractivity contribution in [3.8, 4) is 0 Å². The number of rotatable bonds is 2. The molecule has 0 spiro atoms. The Morgan fingerprint density at radius 1 is 1.47 bits per heavy atom. The minimum absolute atomic E-state index is 0.0326. The van der Waals surface area contributed by atoms with E-state index >= 15 is 0 Å². The third-order valence-corrected chi connectivity index (χ3v) is 4.24. The van der Waals surface area contributed by atoms with Crippen molar-refractivity contribution in [1.29, 1.82) is 0 Å². The van der Waals surface area contributed by atoms with E-state index in [1.54, 1.807) is 11.1 Å². The minimum Gasteiger partial charge on any atom is -0.342 e. The van der Waals surface area contributed by atoms with Crippen LogP contribution in [-0.4, -0.2) is 34.3 Å². The lowest BCUT2D eigenvalue weighted by molar-refractivity contribution is -0.149. The molecule has 1 saturated heterocycles. The number of hydrogen-bond donors (Lipinski definition) is 1. The van der Waals surface area contributed by atoms with Gasteiger partial charge in [0.15, 0.2) is 0 Å². The van der Waals surface area contributed by atoms with E-state index in [1.807, 2.05) is 33.1 Å². The maximum absolute atomic E-state index is 12.5. The summed E-state index contributed by atoms with van der Waals surface area (Å²) in [5.74, 6) is -0.141. The Balaban J connectivity index is 2.25. The molecule has 1 fully saturated rings. The topological polar surface area (TPSA) is 62.3 Å². The highest BCUT2D eigenvalue weighted by atomic mass is 32.1. The summed E-state index contributed by atoms with van der Waals surface area (Å²) < 4.78 is 0. The minimum atomic E-state index is -0.476. The van der Waals surface area contributed by atoms with Gasteiger partial charge in [0.25, 0.3) is 0 Å². The fourth-order valence-corrected chi connectivity index (χ4v) is 2.86. The first kappa shape index (κ1) is 14.0. The Hall–Kier alpha value is -1.43.